The fourth-order valence-corrected chi connectivity index (χ4v) is 2.85. The first-order valence-corrected chi connectivity index (χ1v) is 5.63. The van der Waals surface area contributed by atoms with E-state index in [1.54, 1.807) is 0 Å². The van der Waals surface area contributed by atoms with Crippen molar-refractivity contribution in [2.45, 2.75) is 39.5 Å². The van der Waals surface area contributed by atoms with E-state index in [2.05, 4.69) is 25.1 Å². The summed E-state index contributed by atoms with van der Waals surface area (Å²) in [7, 11) is 0. The molecule has 0 aromatic heterocycles. The zero-order valence-corrected chi connectivity index (χ0v) is 9.03. The Morgan fingerprint density at radius 1 is 1.50 bits per heavy atom. The lowest BCUT2D eigenvalue weighted by atomic mass is 9.84. The summed E-state index contributed by atoms with van der Waals surface area (Å²) in [6.07, 6.45) is 7.54. The van der Waals surface area contributed by atoms with Gasteiger partial charge in [0.15, 0.2) is 0 Å². The molecule has 0 aliphatic heterocycles. The molecule has 2 atom stereocenters. The van der Waals surface area contributed by atoms with Crippen LogP contribution in [0.1, 0.15) is 39.5 Å². The Balaban J connectivity index is 2.18. The minimum Gasteiger partial charge on any atom is -0.411 e. The molecular weight excluding hydrogens is 174 g/mol. The molecule has 2 heteroatoms. The third-order valence-corrected chi connectivity index (χ3v) is 3.51. The van der Waals surface area contributed by atoms with Crippen LogP contribution >= 0.6 is 0 Å². The molecule has 1 saturated carbocycles. The molecule has 0 aromatic carbocycles. The molecule has 0 amide bonds. The summed E-state index contributed by atoms with van der Waals surface area (Å²) in [4.78, 5) is 0. The molecular formula is C12H19NO. The maximum absolute atomic E-state index is 8.99. The standard InChI is InChI=1S/C12H19NO/c1-8(2)12(13-14)11-6-9-3-4-10(5-9)7-11/h6,8-10,14H,3-5,7H2,1-2H3/b13-12-. The minimum absolute atomic E-state index is 0.337. The van der Waals surface area contributed by atoms with Gasteiger partial charge in [0.05, 0.1) is 5.71 Å². The molecule has 0 heterocycles. The van der Waals surface area contributed by atoms with Crippen LogP contribution in [0.2, 0.25) is 0 Å². The second kappa shape index (κ2) is 3.76. The van der Waals surface area contributed by atoms with Gasteiger partial charge < -0.3 is 5.21 Å². The van der Waals surface area contributed by atoms with Gasteiger partial charge in [-0.3, -0.25) is 0 Å². The summed E-state index contributed by atoms with van der Waals surface area (Å²) in [5.74, 6) is 1.96. The maximum Gasteiger partial charge on any atom is 0.0849 e. The van der Waals surface area contributed by atoms with Gasteiger partial charge in [-0.15, -0.1) is 0 Å². The van der Waals surface area contributed by atoms with Crippen LogP contribution in [0.15, 0.2) is 16.8 Å². The van der Waals surface area contributed by atoms with Gasteiger partial charge in [0, 0.05) is 0 Å². The predicted molar refractivity (Wildman–Crippen MR) is 57.6 cm³/mol. The van der Waals surface area contributed by atoms with E-state index in [4.69, 9.17) is 5.21 Å². The molecule has 78 valence electrons. The number of nitrogens with zero attached hydrogens (tertiary/aromatic N) is 1. The van der Waals surface area contributed by atoms with Gasteiger partial charge in [-0.25, -0.2) is 0 Å². The molecule has 0 radical (unpaired) electrons. The molecule has 0 aromatic rings. The van der Waals surface area contributed by atoms with Crippen molar-refractivity contribution in [1.29, 1.82) is 0 Å². The third kappa shape index (κ3) is 1.70. The second-order valence-corrected chi connectivity index (χ2v) is 4.98. The van der Waals surface area contributed by atoms with E-state index in [0.717, 1.165) is 24.0 Å². The normalized spacial score (nSPS) is 32.2. The van der Waals surface area contributed by atoms with Crippen LogP contribution in [0.3, 0.4) is 0 Å². The van der Waals surface area contributed by atoms with Gasteiger partial charge in [0.1, 0.15) is 0 Å². The van der Waals surface area contributed by atoms with Gasteiger partial charge in [-0.1, -0.05) is 25.1 Å². The van der Waals surface area contributed by atoms with Gasteiger partial charge in [0.25, 0.3) is 0 Å². The Bertz CT molecular complexity index is 278. The van der Waals surface area contributed by atoms with Gasteiger partial charge in [-0.05, 0) is 49.0 Å². The molecule has 2 rings (SSSR count). The van der Waals surface area contributed by atoms with Crippen molar-refractivity contribution in [2.24, 2.45) is 22.9 Å². The van der Waals surface area contributed by atoms with Crippen molar-refractivity contribution < 1.29 is 5.21 Å². The highest BCUT2D eigenvalue weighted by Gasteiger charge is 2.30. The highest BCUT2D eigenvalue weighted by molar-refractivity contribution is 6.01. The van der Waals surface area contributed by atoms with E-state index in [9.17, 15) is 0 Å². The van der Waals surface area contributed by atoms with E-state index in [-0.39, 0.29) is 0 Å². The molecule has 2 unspecified atom stereocenters. The smallest absolute Gasteiger partial charge is 0.0849 e. The SMILES string of the molecule is CC(C)/C(=N/O)C1=CC2CCC(C1)C2. The second-order valence-electron chi connectivity index (χ2n) is 4.98. The quantitative estimate of drug-likeness (QED) is 0.407. The summed E-state index contributed by atoms with van der Waals surface area (Å²) in [5.41, 5.74) is 2.21. The number of fused-ring (bicyclic) bond motifs is 2. The van der Waals surface area contributed by atoms with Crippen LogP contribution in [-0.2, 0) is 0 Å². The maximum atomic E-state index is 8.99. The van der Waals surface area contributed by atoms with Gasteiger partial charge in [-0.2, -0.15) is 0 Å². The van der Waals surface area contributed by atoms with Crippen LogP contribution < -0.4 is 0 Å². The van der Waals surface area contributed by atoms with E-state index >= 15 is 0 Å². The molecule has 2 bridgehead atoms. The lowest BCUT2D eigenvalue weighted by Crippen LogP contribution is -2.16. The lowest BCUT2D eigenvalue weighted by Gasteiger charge is -2.21. The van der Waals surface area contributed by atoms with Gasteiger partial charge in [0.2, 0.25) is 0 Å². The van der Waals surface area contributed by atoms with Crippen LogP contribution in [-0.4, -0.2) is 10.9 Å². The molecule has 0 saturated heterocycles. The highest BCUT2D eigenvalue weighted by atomic mass is 16.4. The van der Waals surface area contributed by atoms with E-state index < -0.39 is 0 Å². The fraction of sp³-hybridized carbons (Fsp3) is 0.750. The Morgan fingerprint density at radius 3 is 2.86 bits per heavy atom. The lowest BCUT2D eigenvalue weighted by molar-refractivity contribution is 0.315. The van der Waals surface area contributed by atoms with Crippen molar-refractivity contribution >= 4 is 5.71 Å². The van der Waals surface area contributed by atoms with Crippen LogP contribution in [0.25, 0.3) is 0 Å². The summed E-state index contributed by atoms with van der Waals surface area (Å²) in [5, 5.41) is 12.4. The minimum atomic E-state index is 0.337. The summed E-state index contributed by atoms with van der Waals surface area (Å²) >= 11 is 0. The fourth-order valence-electron chi connectivity index (χ4n) is 2.85. The Hall–Kier alpha value is -0.790. The molecule has 1 fully saturated rings. The first-order chi connectivity index (χ1) is 6.70. The molecule has 1 N–H and O–H groups in total. The van der Waals surface area contributed by atoms with E-state index in [1.807, 2.05) is 0 Å². The predicted octanol–water partition coefficient (Wildman–Crippen LogP) is 3.22. The molecule has 2 aliphatic rings. The Morgan fingerprint density at radius 2 is 2.29 bits per heavy atom. The number of hydrogen-bond donors (Lipinski definition) is 1. The number of rotatable bonds is 2. The van der Waals surface area contributed by atoms with Crippen molar-refractivity contribution in [2.75, 3.05) is 0 Å². The first-order valence-electron chi connectivity index (χ1n) is 5.63. The Labute approximate surface area is 85.7 Å². The number of oxime groups is 1. The van der Waals surface area contributed by atoms with Crippen molar-refractivity contribution in [3.8, 4) is 0 Å². The zero-order valence-electron chi connectivity index (χ0n) is 9.03. The van der Waals surface area contributed by atoms with E-state index in [0.29, 0.717) is 5.92 Å². The average Bonchev–Trinajstić information content (AvgIpc) is 2.46. The zero-order chi connectivity index (χ0) is 10.1. The average molecular weight is 193 g/mol. The van der Waals surface area contributed by atoms with Crippen LogP contribution in [0, 0.1) is 17.8 Å². The monoisotopic (exact) mass is 193 g/mol. The first kappa shape index (κ1) is 9.75. The summed E-state index contributed by atoms with van der Waals surface area (Å²) < 4.78 is 0. The highest BCUT2D eigenvalue weighted by Crippen LogP contribution is 2.41. The molecule has 14 heavy (non-hydrogen) atoms. The summed E-state index contributed by atoms with van der Waals surface area (Å²) in [6.45, 7) is 4.18. The molecule has 0 spiro atoms. The van der Waals surface area contributed by atoms with Crippen molar-refractivity contribution in [3.05, 3.63) is 11.6 Å². The van der Waals surface area contributed by atoms with Crippen molar-refractivity contribution in [3.63, 3.8) is 0 Å². The third-order valence-electron chi connectivity index (χ3n) is 3.51. The van der Waals surface area contributed by atoms with Crippen molar-refractivity contribution in [1.82, 2.24) is 0 Å². The van der Waals surface area contributed by atoms with Gasteiger partial charge >= 0.3 is 0 Å². The largest absolute Gasteiger partial charge is 0.411 e. The molecule has 2 aliphatic carbocycles. The number of hydrogen-bond acceptors (Lipinski definition) is 2. The summed E-state index contributed by atoms with van der Waals surface area (Å²) in [6, 6.07) is 0. The van der Waals surface area contributed by atoms with E-state index in [1.165, 1.54) is 24.8 Å². The van der Waals surface area contributed by atoms with Crippen LogP contribution in [0.5, 0.6) is 0 Å². The molecule has 2 nitrogen and oxygen atoms in total. The topological polar surface area (TPSA) is 32.6 Å². The number of allylic oxidation sites excluding steroid dienone is 2. The van der Waals surface area contributed by atoms with Crippen LogP contribution in [0.4, 0.5) is 0 Å². The Kier molecular flexibility index (Phi) is 2.62.